The van der Waals surface area contributed by atoms with Gasteiger partial charge in [-0.1, -0.05) is 0 Å². The van der Waals surface area contributed by atoms with Crippen LogP contribution < -0.4 is 10.6 Å². The molecule has 5 unspecified atom stereocenters. The van der Waals surface area contributed by atoms with E-state index in [0.717, 1.165) is 35.6 Å². The summed E-state index contributed by atoms with van der Waals surface area (Å²) < 4.78 is 0. The summed E-state index contributed by atoms with van der Waals surface area (Å²) in [6.45, 7) is 4.80. The molecule has 2 N–H and O–H groups in total. The Bertz CT molecular complexity index is 283. The Morgan fingerprint density at radius 2 is 1.76 bits per heavy atom. The monoisotopic (exact) mass is 234 g/mol. The number of fused-ring (bicyclic) bond motifs is 5. The van der Waals surface area contributed by atoms with E-state index in [1.165, 1.54) is 25.9 Å². The van der Waals surface area contributed by atoms with Crippen LogP contribution in [0, 0.1) is 29.6 Å². The minimum Gasteiger partial charge on any atom is -0.313 e. The molecule has 4 rings (SSSR count). The molecule has 4 saturated carbocycles. The molecule has 0 radical (unpaired) electrons. The first-order chi connectivity index (χ1) is 8.33. The van der Waals surface area contributed by atoms with E-state index in [1.807, 2.05) is 0 Å². The normalized spacial score (nSPS) is 48.2. The summed E-state index contributed by atoms with van der Waals surface area (Å²) in [4.78, 5) is 0. The largest absolute Gasteiger partial charge is 0.313 e. The predicted molar refractivity (Wildman–Crippen MR) is 69.8 cm³/mol. The quantitative estimate of drug-likeness (QED) is 0.734. The zero-order valence-corrected chi connectivity index (χ0v) is 11.0. The Morgan fingerprint density at radius 1 is 1.06 bits per heavy atom. The van der Waals surface area contributed by atoms with Gasteiger partial charge in [-0.2, -0.15) is 0 Å². The molecule has 2 bridgehead atoms. The van der Waals surface area contributed by atoms with E-state index >= 15 is 0 Å². The summed E-state index contributed by atoms with van der Waals surface area (Å²) in [6.07, 6.45) is 7.51. The second-order valence-corrected chi connectivity index (χ2v) is 7.14. The zero-order chi connectivity index (χ0) is 11.4. The van der Waals surface area contributed by atoms with Crippen molar-refractivity contribution in [1.29, 1.82) is 0 Å². The van der Waals surface area contributed by atoms with Crippen molar-refractivity contribution in [1.82, 2.24) is 10.6 Å². The van der Waals surface area contributed by atoms with E-state index in [2.05, 4.69) is 17.6 Å². The SMILES string of the molecule is CC(CNC1CC1)NCC1C2C3CCC(C3)C12. The van der Waals surface area contributed by atoms with Crippen molar-refractivity contribution in [3.63, 3.8) is 0 Å². The fourth-order valence-electron chi connectivity index (χ4n) is 4.82. The maximum atomic E-state index is 3.76. The van der Waals surface area contributed by atoms with Gasteiger partial charge in [0, 0.05) is 18.6 Å². The first-order valence-corrected chi connectivity index (χ1v) is 7.79. The second-order valence-electron chi connectivity index (χ2n) is 7.14. The lowest BCUT2D eigenvalue weighted by molar-refractivity contribution is 0.415. The van der Waals surface area contributed by atoms with E-state index in [9.17, 15) is 0 Å². The summed E-state index contributed by atoms with van der Waals surface area (Å²) in [7, 11) is 0. The minimum absolute atomic E-state index is 0.662. The number of hydrogen-bond donors (Lipinski definition) is 2. The molecule has 4 fully saturated rings. The fraction of sp³-hybridized carbons (Fsp3) is 1.00. The molecular formula is C15H26N2. The summed E-state index contributed by atoms with van der Waals surface area (Å²) >= 11 is 0. The van der Waals surface area contributed by atoms with E-state index < -0.39 is 0 Å². The van der Waals surface area contributed by atoms with E-state index in [4.69, 9.17) is 0 Å². The van der Waals surface area contributed by atoms with Gasteiger partial charge in [-0.05, 0) is 75.2 Å². The zero-order valence-electron chi connectivity index (χ0n) is 11.0. The van der Waals surface area contributed by atoms with Gasteiger partial charge in [-0.25, -0.2) is 0 Å². The third kappa shape index (κ3) is 1.94. The van der Waals surface area contributed by atoms with E-state index in [1.54, 1.807) is 19.3 Å². The molecule has 0 heterocycles. The molecule has 2 heteroatoms. The molecule has 0 aromatic heterocycles. The first-order valence-electron chi connectivity index (χ1n) is 7.79. The van der Waals surface area contributed by atoms with Gasteiger partial charge < -0.3 is 10.6 Å². The van der Waals surface area contributed by atoms with Gasteiger partial charge in [0.2, 0.25) is 0 Å². The average molecular weight is 234 g/mol. The highest BCUT2D eigenvalue weighted by atomic mass is 15.0. The van der Waals surface area contributed by atoms with Gasteiger partial charge in [-0.15, -0.1) is 0 Å². The molecule has 0 amide bonds. The highest BCUT2D eigenvalue weighted by molar-refractivity contribution is 5.13. The van der Waals surface area contributed by atoms with Gasteiger partial charge >= 0.3 is 0 Å². The summed E-state index contributed by atoms with van der Waals surface area (Å²) in [5.74, 6) is 5.62. The Kier molecular flexibility index (Phi) is 2.52. The summed E-state index contributed by atoms with van der Waals surface area (Å²) in [5, 5.41) is 7.38. The average Bonchev–Trinajstić information content (AvgIpc) is 3.23. The van der Waals surface area contributed by atoms with Gasteiger partial charge in [0.1, 0.15) is 0 Å². The van der Waals surface area contributed by atoms with Crippen molar-refractivity contribution in [2.45, 2.75) is 51.1 Å². The van der Waals surface area contributed by atoms with Crippen LogP contribution in [-0.4, -0.2) is 25.2 Å². The number of hydrogen-bond acceptors (Lipinski definition) is 2. The predicted octanol–water partition coefficient (Wildman–Crippen LogP) is 2.01. The number of rotatable bonds is 6. The molecule has 2 nitrogen and oxygen atoms in total. The highest BCUT2D eigenvalue weighted by Crippen LogP contribution is 2.69. The third-order valence-corrected chi connectivity index (χ3v) is 5.89. The van der Waals surface area contributed by atoms with Crippen molar-refractivity contribution < 1.29 is 0 Å². The van der Waals surface area contributed by atoms with Gasteiger partial charge in [-0.3, -0.25) is 0 Å². The standard InChI is InChI=1S/C15H26N2/c1-9(7-17-12-4-5-12)16-8-13-14-10-2-3-11(6-10)15(13)14/h9-17H,2-8H2,1H3. The van der Waals surface area contributed by atoms with Crippen LogP contribution in [0.15, 0.2) is 0 Å². The van der Waals surface area contributed by atoms with Crippen LogP contribution in [0.25, 0.3) is 0 Å². The van der Waals surface area contributed by atoms with Crippen molar-refractivity contribution in [3.05, 3.63) is 0 Å². The molecule has 0 saturated heterocycles. The van der Waals surface area contributed by atoms with Crippen LogP contribution in [0.3, 0.4) is 0 Å². The molecule has 96 valence electrons. The third-order valence-electron chi connectivity index (χ3n) is 5.89. The van der Waals surface area contributed by atoms with Crippen LogP contribution in [0.2, 0.25) is 0 Å². The van der Waals surface area contributed by atoms with Crippen molar-refractivity contribution in [2.24, 2.45) is 29.6 Å². The summed E-state index contributed by atoms with van der Waals surface area (Å²) in [6, 6.07) is 1.52. The Balaban J connectivity index is 1.19. The van der Waals surface area contributed by atoms with Crippen LogP contribution in [0.1, 0.15) is 39.0 Å². The lowest BCUT2D eigenvalue weighted by atomic mass is 10.0. The van der Waals surface area contributed by atoms with Crippen molar-refractivity contribution in [2.75, 3.05) is 13.1 Å². The van der Waals surface area contributed by atoms with E-state index in [0.29, 0.717) is 6.04 Å². The van der Waals surface area contributed by atoms with Crippen molar-refractivity contribution in [3.8, 4) is 0 Å². The smallest absolute Gasteiger partial charge is 0.0164 e. The first kappa shape index (κ1) is 10.8. The lowest BCUT2D eigenvalue weighted by Gasteiger charge is -2.16. The van der Waals surface area contributed by atoms with Gasteiger partial charge in [0.15, 0.2) is 0 Å². The van der Waals surface area contributed by atoms with Gasteiger partial charge in [0.25, 0.3) is 0 Å². The highest BCUT2D eigenvalue weighted by Gasteiger charge is 2.64. The molecular weight excluding hydrogens is 208 g/mol. The van der Waals surface area contributed by atoms with E-state index in [-0.39, 0.29) is 0 Å². The second kappa shape index (κ2) is 3.96. The summed E-state index contributed by atoms with van der Waals surface area (Å²) in [5.41, 5.74) is 0. The molecule has 17 heavy (non-hydrogen) atoms. The van der Waals surface area contributed by atoms with Crippen LogP contribution in [0.4, 0.5) is 0 Å². The molecule has 0 aliphatic heterocycles. The van der Waals surface area contributed by atoms with Crippen LogP contribution >= 0.6 is 0 Å². The lowest BCUT2D eigenvalue weighted by Crippen LogP contribution is -2.38. The van der Waals surface area contributed by atoms with Gasteiger partial charge in [0.05, 0.1) is 0 Å². The molecule has 0 aromatic carbocycles. The molecule has 0 aromatic rings. The Hall–Kier alpha value is -0.0800. The number of nitrogens with one attached hydrogen (secondary N) is 2. The Labute approximate surface area is 105 Å². The molecule has 4 aliphatic rings. The van der Waals surface area contributed by atoms with Crippen molar-refractivity contribution >= 4 is 0 Å². The van der Waals surface area contributed by atoms with Crippen LogP contribution in [-0.2, 0) is 0 Å². The molecule has 0 spiro atoms. The fourth-order valence-corrected chi connectivity index (χ4v) is 4.82. The minimum atomic E-state index is 0.662. The Morgan fingerprint density at radius 3 is 2.41 bits per heavy atom. The maximum Gasteiger partial charge on any atom is 0.0164 e. The topological polar surface area (TPSA) is 24.1 Å². The molecule has 5 atom stereocenters. The maximum absolute atomic E-state index is 3.76. The molecule has 4 aliphatic carbocycles. The van der Waals surface area contributed by atoms with Crippen LogP contribution in [0.5, 0.6) is 0 Å².